The van der Waals surface area contributed by atoms with Gasteiger partial charge >= 0.3 is 0 Å². The van der Waals surface area contributed by atoms with Crippen LogP contribution >= 0.6 is 0 Å². The summed E-state index contributed by atoms with van der Waals surface area (Å²) in [6, 6.07) is 15.7. The monoisotopic (exact) mass is 529 g/mol. The van der Waals surface area contributed by atoms with Gasteiger partial charge in [0.05, 0.1) is 29.6 Å². The van der Waals surface area contributed by atoms with Gasteiger partial charge in [0.2, 0.25) is 0 Å². The molecule has 0 unspecified atom stereocenters. The highest BCUT2D eigenvalue weighted by Crippen LogP contribution is 2.33. The first-order valence-corrected chi connectivity index (χ1v) is 12.4. The molecule has 0 aliphatic heterocycles. The van der Waals surface area contributed by atoms with Gasteiger partial charge in [-0.2, -0.15) is 5.10 Å². The normalized spacial score (nSPS) is 11.3. The minimum atomic E-state index is -0.478. The molecule has 3 N–H and O–H groups in total. The highest BCUT2D eigenvalue weighted by atomic mass is 19.1. The average Bonchev–Trinajstić information content (AvgIpc) is 3.71. The minimum absolute atomic E-state index is 0.249. The molecule has 0 saturated heterocycles. The lowest BCUT2D eigenvalue weighted by Gasteiger charge is -2.08. The molecule has 0 bridgehead atoms. The Bertz CT molecular complexity index is 2040. The van der Waals surface area contributed by atoms with Crippen LogP contribution in [0.4, 0.5) is 10.1 Å². The van der Waals surface area contributed by atoms with Crippen molar-refractivity contribution in [2.24, 2.45) is 0 Å². The standard InChI is InChI=1S/C29H20FN9O/c1-16-14-39(15-33-16)23-7-8-32-27-26(23)35-28(36-27)25-21-10-18(11-22(30)24(21)37-38-25)19-9-20(13-31-12-19)34-29(40)17-5-3-2-4-6-17/h2-15H,1H3,(H,34,40)(H,37,38)(H,32,35,36). The zero-order chi connectivity index (χ0) is 27.2. The Labute approximate surface area is 226 Å². The number of nitrogens with one attached hydrogen (secondary N) is 3. The summed E-state index contributed by atoms with van der Waals surface area (Å²) in [6.45, 7) is 1.91. The van der Waals surface area contributed by atoms with E-state index in [9.17, 15) is 4.79 Å². The van der Waals surface area contributed by atoms with E-state index in [2.05, 4.69) is 35.5 Å². The van der Waals surface area contributed by atoms with Gasteiger partial charge in [-0.3, -0.25) is 14.9 Å². The van der Waals surface area contributed by atoms with Crippen molar-refractivity contribution in [3.05, 3.63) is 103 Å². The Morgan fingerprint density at radius 2 is 1.90 bits per heavy atom. The van der Waals surface area contributed by atoms with Gasteiger partial charge in [-0.25, -0.2) is 19.3 Å². The summed E-state index contributed by atoms with van der Waals surface area (Å²) < 4.78 is 17.1. The maximum atomic E-state index is 15.3. The number of imidazole rings is 2. The summed E-state index contributed by atoms with van der Waals surface area (Å²) in [4.78, 5) is 33.6. The molecule has 0 aliphatic carbocycles. The Morgan fingerprint density at radius 3 is 2.73 bits per heavy atom. The van der Waals surface area contributed by atoms with E-state index in [1.54, 1.807) is 55.2 Å². The largest absolute Gasteiger partial charge is 0.321 e. The number of hydrogen-bond donors (Lipinski definition) is 3. The Morgan fingerprint density at radius 1 is 1.02 bits per heavy atom. The number of pyridine rings is 2. The summed E-state index contributed by atoms with van der Waals surface area (Å²) in [7, 11) is 0. The van der Waals surface area contributed by atoms with Crippen molar-refractivity contribution in [2.45, 2.75) is 6.92 Å². The molecule has 7 aromatic rings. The number of H-pyrrole nitrogens is 2. The fourth-order valence-electron chi connectivity index (χ4n) is 4.66. The van der Waals surface area contributed by atoms with E-state index < -0.39 is 5.82 Å². The molecule has 40 heavy (non-hydrogen) atoms. The van der Waals surface area contributed by atoms with Crippen molar-refractivity contribution in [1.29, 1.82) is 0 Å². The molecule has 0 atom stereocenters. The fraction of sp³-hybridized carbons (Fsp3) is 0.0345. The molecular formula is C29H20FN9O. The molecule has 0 saturated carbocycles. The van der Waals surface area contributed by atoms with E-state index in [1.807, 2.05) is 35.9 Å². The van der Waals surface area contributed by atoms with E-state index in [4.69, 9.17) is 4.98 Å². The molecule has 194 valence electrons. The molecule has 0 aliphatic rings. The van der Waals surface area contributed by atoms with Gasteiger partial charge < -0.3 is 14.9 Å². The van der Waals surface area contributed by atoms with Crippen LogP contribution in [0.25, 0.3) is 50.4 Å². The first-order valence-electron chi connectivity index (χ1n) is 12.4. The molecule has 7 rings (SSSR count). The number of aromatic nitrogens is 8. The number of aryl methyl sites for hydroxylation is 1. The lowest BCUT2D eigenvalue weighted by atomic mass is 10.0. The van der Waals surface area contributed by atoms with E-state index in [1.165, 1.54) is 6.07 Å². The third kappa shape index (κ3) is 4.06. The van der Waals surface area contributed by atoms with Gasteiger partial charge in [-0.1, -0.05) is 18.2 Å². The lowest BCUT2D eigenvalue weighted by Crippen LogP contribution is -2.11. The van der Waals surface area contributed by atoms with Gasteiger partial charge in [-0.15, -0.1) is 0 Å². The number of nitrogens with zero attached hydrogens (tertiary/aromatic N) is 6. The number of anilines is 1. The van der Waals surface area contributed by atoms with Gasteiger partial charge in [0.1, 0.15) is 22.5 Å². The molecule has 0 radical (unpaired) electrons. The smallest absolute Gasteiger partial charge is 0.255 e. The van der Waals surface area contributed by atoms with Crippen LogP contribution in [-0.4, -0.2) is 45.6 Å². The van der Waals surface area contributed by atoms with Crippen LogP contribution in [0.5, 0.6) is 0 Å². The van der Waals surface area contributed by atoms with Crippen LogP contribution in [0.3, 0.4) is 0 Å². The highest BCUT2D eigenvalue weighted by Gasteiger charge is 2.19. The van der Waals surface area contributed by atoms with Crippen LogP contribution in [-0.2, 0) is 0 Å². The topological polar surface area (TPSA) is 130 Å². The average molecular weight is 530 g/mol. The second-order valence-corrected chi connectivity index (χ2v) is 9.27. The molecule has 2 aromatic carbocycles. The van der Waals surface area contributed by atoms with Gasteiger partial charge in [0.25, 0.3) is 5.91 Å². The van der Waals surface area contributed by atoms with Crippen molar-refractivity contribution in [1.82, 2.24) is 39.7 Å². The zero-order valence-corrected chi connectivity index (χ0v) is 21.1. The fourth-order valence-corrected chi connectivity index (χ4v) is 4.66. The van der Waals surface area contributed by atoms with Crippen molar-refractivity contribution in [3.63, 3.8) is 0 Å². The minimum Gasteiger partial charge on any atom is -0.321 e. The zero-order valence-electron chi connectivity index (χ0n) is 21.1. The van der Waals surface area contributed by atoms with Crippen molar-refractivity contribution >= 4 is 33.7 Å². The Kier molecular flexibility index (Phi) is 5.41. The molecular weight excluding hydrogens is 509 g/mol. The molecule has 0 fully saturated rings. The van der Waals surface area contributed by atoms with Crippen molar-refractivity contribution < 1.29 is 9.18 Å². The number of fused-ring (bicyclic) bond motifs is 2. The molecule has 10 nitrogen and oxygen atoms in total. The van der Waals surface area contributed by atoms with Crippen LogP contribution < -0.4 is 5.32 Å². The summed E-state index contributed by atoms with van der Waals surface area (Å²) >= 11 is 0. The number of amides is 1. The lowest BCUT2D eigenvalue weighted by molar-refractivity contribution is 0.102. The van der Waals surface area contributed by atoms with Gasteiger partial charge in [-0.05, 0) is 48.9 Å². The number of carbonyl (C=O) groups is 1. The molecule has 5 heterocycles. The van der Waals surface area contributed by atoms with Gasteiger partial charge in [0.15, 0.2) is 11.5 Å². The number of benzene rings is 2. The molecule has 1 amide bonds. The maximum Gasteiger partial charge on any atom is 0.255 e. The van der Waals surface area contributed by atoms with Gasteiger partial charge in [0, 0.05) is 35.1 Å². The van der Waals surface area contributed by atoms with E-state index >= 15 is 4.39 Å². The summed E-state index contributed by atoms with van der Waals surface area (Å²) in [6.07, 6.45) is 8.46. The number of rotatable bonds is 5. The number of halogens is 1. The molecule has 11 heteroatoms. The predicted molar refractivity (Wildman–Crippen MR) is 148 cm³/mol. The first-order chi connectivity index (χ1) is 19.5. The van der Waals surface area contributed by atoms with E-state index in [0.29, 0.717) is 50.4 Å². The summed E-state index contributed by atoms with van der Waals surface area (Å²) in [5.74, 6) is -0.299. The summed E-state index contributed by atoms with van der Waals surface area (Å²) in [5.41, 5.74) is 5.79. The van der Waals surface area contributed by atoms with Crippen LogP contribution in [0.1, 0.15) is 16.1 Å². The van der Waals surface area contributed by atoms with Crippen molar-refractivity contribution in [3.8, 4) is 28.3 Å². The second-order valence-electron chi connectivity index (χ2n) is 9.27. The molecule has 5 aromatic heterocycles. The number of hydrogen-bond acceptors (Lipinski definition) is 6. The number of aromatic amines is 2. The SMILES string of the molecule is Cc1cn(-c2ccnc3[nH]c(-c4n[nH]c5c(F)cc(-c6cncc(NC(=O)c7ccccc7)c6)cc45)nc23)cn1. The maximum absolute atomic E-state index is 15.3. The van der Waals surface area contributed by atoms with Crippen LogP contribution in [0, 0.1) is 12.7 Å². The van der Waals surface area contributed by atoms with E-state index in [-0.39, 0.29) is 11.4 Å². The van der Waals surface area contributed by atoms with Crippen LogP contribution in [0.2, 0.25) is 0 Å². The molecule has 0 spiro atoms. The first kappa shape index (κ1) is 23.4. The Balaban J connectivity index is 1.28. The summed E-state index contributed by atoms with van der Waals surface area (Å²) in [5, 5.41) is 10.5. The van der Waals surface area contributed by atoms with Crippen molar-refractivity contribution in [2.75, 3.05) is 5.32 Å². The predicted octanol–water partition coefficient (Wildman–Crippen LogP) is 5.45. The quantitative estimate of drug-likeness (QED) is 0.272. The van der Waals surface area contributed by atoms with E-state index in [0.717, 1.165) is 11.4 Å². The second kappa shape index (κ2) is 9.24. The number of carbonyl (C=O) groups excluding carboxylic acids is 1. The Hall–Kier alpha value is -5.71. The third-order valence-corrected chi connectivity index (χ3v) is 6.57. The third-order valence-electron chi connectivity index (χ3n) is 6.57. The van der Waals surface area contributed by atoms with Crippen LogP contribution in [0.15, 0.2) is 85.7 Å². The highest BCUT2D eigenvalue weighted by molar-refractivity contribution is 6.04.